The van der Waals surface area contributed by atoms with Gasteiger partial charge in [0.15, 0.2) is 0 Å². The molecule has 0 radical (unpaired) electrons. The van der Waals surface area contributed by atoms with Gasteiger partial charge in [-0.1, -0.05) is 32.0 Å². The van der Waals surface area contributed by atoms with Crippen LogP contribution in [0.15, 0.2) is 35.2 Å². The fraction of sp³-hybridized carbons (Fsp3) is 0.529. The number of carbonyl (C=O) groups excluding carboxylic acids is 2. The number of unbranched alkanes of at least 4 members (excludes halogenated alkanes) is 1. The highest BCUT2D eigenvalue weighted by atomic mass is 32.2. The summed E-state index contributed by atoms with van der Waals surface area (Å²) in [6.45, 7) is 3.86. The van der Waals surface area contributed by atoms with Gasteiger partial charge in [-0.05, 0) is 43.9 Å². The van der Waals surface area contributed by atoms with Crippen molar-refractivity contribution in [3.05, 3.63) is 30.3 Å². The molecule has 25 heavy (non-hydrogen) atoms. The molecule has 2 atom stereocenters. The quantitative estimate of drug-likeness (QED) is 0.408. The number of benzene rings is 1. The Morgan fingerprint density at radius 1 is 1.24 bits per heavy atom. The molecule has 0 fully saturated rings. The molecule has 1 aromatic carbocycles. The molecule has 0 aliphatic carbocycles. The Labute approximate surface area is 149 Å². The van der Waals surface area contributed by atoms with Gasteiger partial charge in [-0.3, -0.25) is 4.79 Å². The molecule has 0 heterocycles. The van der Waals surface area contributed by atoms with Crippen LogP contribution < -0.4 is 16.8 Å². The van der Waals surface area contributed by atoms with Crippen molar-refractivity contribution in [3.63, 3.8) is 0 Å². The fourth-order valence-electron chi connectivity index (χ4n) is 2.34. The summed E-state index contributed by atoms with van der Waals surface area (Å²) >= 11 is 0. The number of nitrogens with two attached hydrogens (primary N) is 2. The molecule has 8 heteroatoms. The minimum absolute atomic E-state index is 0.0346. The van der Waals surface area contributed by atoms with Crippen LogP contribution in [0.25, 0.3) is 0 Å². The normalized spacial score (nSPS) is 15.4. The highest BCUT2D eigenvalue weighted by Gasteiger charge is 2.48. The van der Waals surface area contributed by atoms with Gasteiger partial charge in [-0.25, -0.2) is 8.42 Å². The van der Waals surface area contributed by atoms with E-state index in [0.29, 0.717) is 25.7 Å². The molecule has 7 nitrogen and oxygen atoms in total. The van der Waals surface area contributed by atoms with Gasteiger partial charge >= 0.3 is 0 Å². The monoisotopic (exact) mass is 369 g/mol. The molecule has 0 unspecified atom stereocenters. The molecule has 1 rings (SSSR count). The van der Waals surface area contributed by atoms with Crippen LogP contribution >= 0.6 is 0 Å². The van der Waals surface area contributed by atoms with Crippen LogP contribution in [-0.4, -0.2) is 38.1 Å². The zero-order valence-electron chi connectivity index (χ0n) is 14.6. The van der Waals surface area contributed by atoms with Gasteiger partial charge in [-0.2, -0.15) is 0 Å². The number of aldehydes is 1. The Balaban J connectivity index is 3.25. The highest BCUT2D eigenvalue weighted by molar-refractivity contribution is 7.93. The van der Waals surface area contributed by atoms with E-state index in [4.69, 9.17) is 11.5 Å². The van der Waals surface area contributed by atoms with Gasteiger partial charge in [0.1, 0.15) is 6.29 Å². The van der Waals surface area contributed by atoms with Gasteiger partial charge in [0.25, 0.3) is 5.91 Å². The summed E-state index contributed by atoms with van der Waals surface area (Å²) in [7, 11) is -4.15. The van der Waals surface area contributed by atoms with E-state index in [2.05, 4.69) is 5.32 Å². The minimum Gasteiger partial charge on any atom is -0.344 e. The minimum atomic E-state index is -4.15. The standard InChI is InChI=1S/C17H27N3O4S/c1-13(2)15(12-21)20-16(22)17(19,10-6-7-11-18)25(23,24)14-8-4-3-5-9-14/h3-5,8-9,12-13,15H,6-7,10-11,18-19H2,1-2H3,(H,20,22)/t15-,17-/m1/s1. The molecule has 1 amide bonds. The maximum Gasteiger partial charge on any atom is 0.256 e. The fourth-order valence-corrected chi connectivity index (χ4v) is 4.00. The first kappa shape index (κ1) is 21.3. The lowest BCUT2D eigenvalue weighted by atomic mass is 10.0. The number of carbonyl (C=O) groups is 2. The molecule has 0 aliphatic heterocycles. The first-order chi connectivity index (χ1) is 11.7. The summed E-state index contributed by atoms with van der Waals surface area (Å²) in [6.07, 6.45) is 1.41. The highest BCUT2D eigenvalue weighted by Crippen LogP contribution is 2.27. The number of sulfone groups is 1. The molecule has 0 aliphatic rings. The van der Waals surface area contributed by atoms with Crippen molar-refractivity contribution in [1.29, 1.82) is 0 Å². The van der Waals surface area contributed by atoms with Crippen molar-refractivity contribution in [2.24, 2.45) is 17.4 Å². The van der Waals surface area contributed by atoms with E-state index in [0.717, 1.165) is 0 Å². The van der Waals surface area contributed by atoms with E-state index in [-0.39, 0.29) is 17.2 Å². The summed E-state index contributed by atoms with van der Waals surface area (Å²) in [4.78, 5) is 21.7. The van der Waals surface area contributed by atoms with Crippen LogP contribution in [0, 0.1) is 5.92 Å². The van der Waals surface area contributed by atoms with Crippen LogP contribution in [0.2, 0.25) is 0 Å². The van der Waals surface area contributed by atoms with Crippen LogP contribution in [-0.2, 0) is 19.4 Å². The maximum atomic E-state index is 13.0. The number of rotatable bonds is 10. The summed E-state index contributed by atoms with van der Waals surface area (Å²) in [5.74, 6) is -1.06. The predicted molar refractivity (Wildman–Crippen MR) is 96.3 cm³/mol. The zero-order chi connectivity index (χ0) is 19.1. The van der Waals surface area contributed by atoms with Crippen molar-refractivity contribution in [3.8, 4) is 0 Å². The first-order valence-electron chi connectivity index (χ1n) is 8.25. The lowest BCUT2D eigenvalue weighted by molar-refractivity contribution is -0.127. The SMILES string of the molecule is CC(C)[C@@H](C=O)NC(=O)[C@@](N)(CCCCN)S(=O)(=O)c1ccccc1. The summed E-state index contributed by atoms with van der Waals surface area (Å²) in [6, 6.07) is 6.78. The Kier molecular flexibility index (Phi) is 7.72. The average Bonchev–Trinajstić information content (AvgIpc) is 2.59. The van der Waals surface area contributed by atoms with Crippen LogP contribution in [0.5, 0.6) is 0 Å². The largest absolute Gasteiger partial charge is 0.344 e. The second kappa shape index (κ2) is 9.07. The maximum absolute atomic E-state index is 13.0. The van der Waals surface area contributed by atoms with Gasteiger partial charge < -0.3 is 21.6 Å². The summed E-state index contributed by atoms with van der Waals surface area (Å²) < 4.78 is 26.0. The third kappa shape index (κ3) is 4.87. The Morgan fingerprint density at radius 2 is 1.84 bits per heavy atom. The van der Waals surface area contributed by atoms with Crippen LogP contribution in [0.4, 0.5) is 0 Å². The predicted octanol–water partition coefficient (Wildman–Crippen LogP) is 0.584. The Hall–Kier alpha value is -1.77. The number of amides is 1. The molecule has 0 aromatic heterocycles. The van der Waals surface area contributed by atoms with Gasteiger partial charge in [0, 0.05) is 0 Å². The Bertz CT molecular complexity index is 676. The van der Waals surface area contributed by atoms with E-state index in [1.807, 2.05) is 0 Å². The smallest absolute Gasteiger partial charge is 0.256 e. The van der Waals surface area contributed by atoms with Gasteiger partial charge in [-0.15, -0.1) is 0 Å². The van der Waals surface area contributed by atoms with E-state index >= 15 is 0 Å². The molecule has 140 valence electrons. The zero-order valence-corrected chi connectivity index (χ0v) is 15.5. The van der Waals surface area contributed by atoms with Crippen LogP contribution in [0.3, 0.4) is 0 Å². The molecule has 0 saturated heterocycles. The topological polar surface area (TPSA) is 132 Å². The first-order valence-corrected chi connectivity index (χ1v) is 9.74. The molecule has 0 saturated carbocycles. The van der Waals surface area contributed by atoms with Crippen molar-refractivity contribution in [2.45, 2.75) is 48.9 Å². The third-order valence-corrected chi connectivity index (χ3v) is 6.32. The summed E-state index contributed by atoms with van der Waals surface area (Å²) in [5, 5.41) is 2.47. The number of hydrogen-bond donors (Lipinski definition) is 3. The molecule has 5 N–H and O–H groups in total. The molecule has 1 aromatic rings. The second-order valence-electron chi connectivity index (χ2n) is 6.33. The molecular formula is C17H27N3O4S. The van der Waals surface area contributed by atoms with Gasteiger partial charge in [0.2, 0.25) is 14.7 Å². The van der Waals surface area contributed by atoms with Crippen molar-refractivity contribution in [1.82, 2.24) is 5.32 Å². The van der Waals surface area contributed by atoms with Crippen molar-refractivity contribution in [2.75, 3.05) is 6.54 Å². The Morgan fingerprint density at radius 3 is 2.32 bits per heavy atom. The van der Waals surface area contributed by atoms with E-state index in [9.17, 15) is 18.0 Å². The lowest BCUT2D eigenvalue weighted by Crippen LogP contribution is -2.61. The lowest BCUT2D eigenvalue weighted by Gasteiger charge is -2.30. The van der Waals surface area contributed by atoms with Gasteiger partial charge in [0.05, 0.1) is 10.9 Å². The van der Waals surface area contributed by atoms with E-state index in [1.165, 1.54) is 12.1 Å². The van der Waals surface area contributed by atoms with Crippen LogP contribution in [0.1, 0.15) is 33.1 Å². The van der Waals surface area contributed by atoms with Crippen molar-refractivity contribution < 1.29 is 18.0 Å². The average molecular weight is 369 g/mol. The number of nitrogens with one attached hydrogen (secondary N) is 1. The van der Waals surface area contributed by atoms with E-state index in [1.54, 1.807) is 32.0 Å². The molecule has 0 spiro atoms. The van der Waals surface area contributed by atoms with Crippen molar-refractivity contribution >= 4 is 22.0 Å². The summed E-state index contributed by atoms with van der Waals surface area (Å²) in [5.41, 5.74) is 11.6. The number of hydrogen-bond acceptors (Lipinski definition) is 6. The molecule has 0 bridgehead atoms. The third-order valence-electron chi connectivity index (χ3n) is 4.08. The molecular weight excluding hydrogens is 342 g/mol. The van der Waals surface area contributed by atoms with E-state index < -0.39 is 26.7 Å². The second-order valence-corrected chi connectivity index (χ2v) is 8.54.